The minimum Gasteiger partial charge on any atom is -0.166 e. The molecule has 0 amide bonds. The third kappa shape index (κ3) is 1.60. The molecule has 1 heterocycles. The van der Waals surface area contributed by atoms with E-state index in [2.05, 4.69) is 0 Å². The highest BCUT2D eigenvalue weighted by molar-refractivity contribution is 7.09. The minimum atomic E-state index is -4.40. The largest absolute Gasteiger partial charge is 0.418 e. The number of fused-ring (bicyclic) bond motifs is 1. The molecule has 86 valence electrons. The highest BCUT2D eigenvalue weighted by atomic mass is 35.5. The SMILES string of the molecule is Cc1c(Cl)c(C(F)(F)F)c(C)c2cscc12. The maximum Gasteiger partial charge on any atom is 0.418 e. The van der Waals surface area contributed by atoms with E-state index in [1.807, 2.05) is 5.38 Å². The summed E-state index contributed by atoms with van der Waals surface area (Å²) < 4.78 is 38.5. The normalized spacial score (nSPS) is 12.4. The highest BCUT2D eigenvalue weighted by Gasteiger charge is 2.36. The zero-order valence-electron chi connectivity index (χ0n) is 8.57. The molecule has 16 heavy (non-hydrogen) atoms. The van der Waals surface area contributed by atoms with Gasteiger partial charge in [0, 0.05) is 0 Å². The van der Waals surface area contributed by atoms with Crippen molar-refractivity contribution in [2.75, 3.05) is 0 Å². The van der Waals surface area contributed by atoms with Crippen LogP contribution in [0, 0.1) is 13.8 Å². The molecule has 0 N–H and O–H groups in total. The Morgan fingerprint density at radius 2 is 1.56 bits per heavy atom. The summed E-state index contributed by atoms with van der Waals surface area (Å²) in [4.78, 5) is 0. The third-order valence-corrected chi connectivity index (χ3v) is 3.89. The lowest BCUT2D eigenvalue weighted by atomic mass is 9.99. The molecule has 0 spiro atoms. The van der Waals surface area contributed by atoms with Crippen LogP contribution in [-0.4, -0.2) is 0 Å². The standard InChI is InChI=1S/C11H8ClF3S/c1-5-7-3-16-4-8(7)6(2)10(12)9(5)11(13,14)15/h3-4H,1-2H3. The maximum absolute atomic E-state index is 12.8. The van der Waals surface area contributed by atoms with Crippen molar-refractivity contribution in [2.45, 2.75) is 20.0 Å². The Morgan fingerprint density at radius 3 is 2.06 bits per heavy atom. The van der Waals surface area contributed by atoms with Crippen LogP contribution in [0.3, 0.4) is 0 Å². The van der Waals surface area contributed by atoms with Gasteiger partial charge in [0.25, 0.3) is 0 Å². The minimum absolute atomic E-state index is 0.184. The van der Waals surface area contributed by atoms with Crippen molar-refractivity contribution in [1.82, 2.24) is 0 Å². The number of hydrogen-bond donors (Lipinski definition) is 0. The van der Waals surface area contributed by atoms with Crippen LogP contribution < -0.4 is 0 Å². The lowest BCUT2D eigenvalue weighted by Gasteiger charge is -2.15. The van der Waals surface area contributed by atoms with Crippen LogP contribution in [0.1, 0.15) is 16.7 Å². The Kier molecular flexibility index (Phi) is 2.67. The quantitative estimate of drug-likeness (QED) is 0.614. The van der Waals surface area contributed by atoms with Gasteiger partial charge in [0.05, 0.1) is 10.6 Å². The summed E-state index contributed by atoms with van der Waals surface area (Å²) in [5.74, 6) is 0. The molecule has 2 rings (SSSR count). The monoisotopic (exact) mass is 264 g/mol. The summed E-state index contributed by atoms with van der Waals surface area (Å²) in [6, 6.07) is 0. The molecule has 0 saturated carbocycles. The Balaban J connectivity index is 2.94. The number of aryl methyl sites for hydroxylation is 2. The van der Waals surface area contributed by atoms with Gasteiger partial charge in [0.1, 0.15) is 0 Å². The molecule has 2 aromatic rings. The van der Waals surface area contributed by atoms with Gasteiger partial charge in [-0.15, -0.1) is 0 Å². The van der Waals surface area contributed by atoms with E-state index in [4.69, 9.17) is 11.6 Å². The van der Waals surface area contributed by atoms with Gasteiger partial charge < -0.3 is 0 Å². The van der Waals surface area contributed by atoms with Crippen LogP contribution in [0.15, 0.2) is 10.8 Å². The van der Waals surface area contributed by atoms with Crippen LogP contribution in [0.4, 0.5) is 13.2 Å². The van der Waals surface area contributed by atoms with Crippen molar-refractivity contribution in [3.05, 3.63) is 32.5 Å². The van der Waals surface area contributed by atoms with Gasteiger partial charge in [0.2, 0.25) is 0 Å². The number of halogens is 4. The molecule has 0 aliphatic heterocycles. The number of benzene rings is 1. The zero-order chi connectivity index (χ0) is 12.1. The van der Waals surface area contributed by atoms with Crippen LogP contribution in [0.5, 0.6) is 0 Å². The molecule has 0 fully saturated rings. The summed E-state index contributed by atoms with van der Waals surface area (Å²) in [7, 11) is 0. The fraction of sp³-hybridized carbons (Fsp3) is 0.273. The second kappa shape index (κ2) is 3.64. The molecule has 1 aromatic carbocycles. The summed E-state index contributed by atoms with van der Waals surface area (Å²) in [5, 5.41) is 4.81. The molecule has 0 atom stereocenters. The molecule has 1 aromatic heterocycles. The van der Waals surface area contributed by atoms with Gasteiger partial charge in [-0.25, -0.2) is 0 Å². The van der Waals surface area contributed by atoms with Crippen LogP contribution in [-0.2, 0) is 6.18 Å². The molecule has 0 aliphatic carbocycles. The van der Waals surface area contributed by atoms with Gasteiger partial charge in [-0.3, -0.25) is 0 Å². The van der Waals surface area contributed by atoms with E-state index in [-0.39, 0.29) is 10.6 Å². The van der Waals surface area contributed by atoms with Gasteiger partial charge >= 0.3 is 6.18 Å². The van der Waals surface area contributed by atoms with E-state index < -0.39 is 11.7 Å². The first-order valence-corrected chi connectivity index (χ1v) is 5.88. The topological polar surface area (TPSA) is 0 Å². The summed E-state index contributed by atoms with van der Waals surface area (Å²) >= 11 is 7.19. The number of hydrogen-bond acceptors (Lipinski definition) is 1. The van der Waals surface area contributed by atoms with Crippen LogP contribution in [0.25, 0.3) is 10.8 Å². The van der Waals surface area contributed by atoms with Gasteiger partial charge in [-0.05, 0) is 46.5 Å². The van der Waals surface area contributed by atoms with E-state index in [1.165, 1.54) is 18.3 Å². The fourth-order valence-electron chi connectivity index (χ4n) is 1.82. The average molecular weight is 265 g/mol. The van der Waals surface area contributed by atoms with Crippen LogP contribution in [0.2, 0.25) is 5.02 Å². The summed E-state index contributed by atoms with van der Waals surface area (Å²) in [5.41, 5.74) is -0.00671. The first kappa shape index (κ1) is 11.7. The highest BCUT2D eigenvalue weighted by Crippen LogP contribution is 2.43. The molecule has 0 radical (unpaired) electrons. The first-order valence-electron chi connectivity index (χ1n) is 4.55. The number of rotatable bonds is 0. The van der Waals surface area contributed by atoms with Gasteiger partial charge in [-0.1, -0.05) is 11.6 Å². The van der Waals surface area contributed by atoms with Gasteiger partial charge in [0.15, 0.2) is 0 Å². The van der Waals surface area contributed by atoms with E-state index >= 15 is 0 Å². The predicted octanol–water partition coefficient (Wildman–Crippen LogP) is 5.19. The summed E-state index contributed by atoms with van der Waals surface area (Å²) in [6.07, 6.45) is -4.40. The molecule has 0 saturated heterocycles. The Labute approximate surface area is 99.6 Å². The van der Waals surface area contributed by atoms with Gasteiger partial charge in [-0.2, -0.15) is 24.5 Å². The first-order chi connectivity index (χ1) is 7.34. The van der Waals surface area contributed by atoms with E-state index in [0.717, 1.165) is 5.39 Å². The van der Waals surface area contributed by atoms with E-state index in [1.54, 1.807) is 12.3 Å². The fourth-order valence-corrected chi connectivity index (χ4v) is 3.12. The molecule has 0 nitrogen and oxygen atoms in total. The van der Waals surface area contributed by atoms with Crippen molar-refractivity contribution in [2.24, 2.45) is 0 Å². The van der Waals surface area contributed by atoms with Crippen molar-refractivity contribution in [1.29, 1.82) is 0 Å². The molecular formula is C11H8ClF3S. The Morgan fingerprint density at radius 1 is 1.06 bits per heavy atom. The third-order valence-electron chi connectivity index (χ3n) is 2.68. The Hall–Kier alpha value is -0.740. The zero-order valence-corrected chi connectivity index (χ0v) is 10.1. The molecule has 5 heteroatoms. The van der Waals surface area contributed by atoms with Crippen LogP contribution >= 0.6 is 22.9 Å². The molecular weight excluding hydrogens is 257 g/mol. The number of alkyl halides is 3. The lowest BCUT2D eigenvalue weighted by molar-refractivity contribution is -0.137. The molecule has 0 bridgehead atoms. The second-order valence-corrected chi connectivity index (χ2v) is 4.76. The number of thiophene rings is 1. The Bertz CT molecular complexity index is 554. The van der Waals surface area contributed by atoms with Crippen molar-refractivity contribution >= 4 is 33.7 Å². The summed E-state index contributed by atoms with van der Waals surface area (Å²) in [6.45, 7) is 3.08. The maximum atomic E-state index is 12.8. The molecule has 0 unspecified atom stereocenters. The lowest BCUT2D eigenvalue weighted by Crippen LogP contribution is -2.09. The van der Waals surface area contributed by atoms with Crippen molar-refractivity contribution in [3.8, 4) is 0 Å². The average Bonchev–Trinajstić information content (AvgIpc) is 2.61. The smallest absolute Gasteiger partial charge is 0.166 e. The van der Waals surface area contributed by atoms with E-state index in [0.29, 0.717) is 10.9 Å². The molecule has 0 aliphatic rings. The second-order valence-electron chi connectivity index (χ2n) is 3.64. The van der Waals surface area contributed by atoms with E-state index in [9.17, 15) is 13.2 Å². The predicted molar refractivity (Wildman–Crippen MR) is 61.3 cm³/mol. The van der Waals surface area contributed by atoms with Crippen molar-refractivity contribution in [3.63, 3.8) is 0 Å². The van der Waals surface area contributed by atoms with Crippen molar-refractivity contribution < 1.29 is 13.2 Å².